The topological polar surface area (TPSA) is 87.2 Å². The molecule has 10 heteroatoms. The Balaban J connectivity index is 1.64. The highest BCUT2D eigenvalue weighted by atomic mass is 35.5. The van der Waals surface area contributed by atoms with E-state index in [2.05, 4.69) is 0 Å². The average Bonchev–Trinajstić information content (AvgIpc) is 3.49. The molecule has 2 amide bonds. The predicted octanol–water partition coefficient (Wildman–Crippen LogP) is 6.63. The van der Waals surface area contributed by atoms with Gasteiger partial charge < -0.3 is 19.6 Å². The lowest BCUT2D eigenvalue weighted by molar-refractivity contribution is -0.183. The number of nitrogens with zero attached hydrogens (tertiary/aromatic N) is 2. The van der Waals surface area contributed by atoms with E-state index in [1.807, 2.05) is 31.2 Å². The van der Waals surface area contributed by atoms with Crippen molar-refractivity contribution >= 4 is 41.0 Å². The third-order valence-electron chi connectivity index (χ3n) is 8.18. The van der Waals surface area contributed by atoms with Gasteiger partial charge in [-0.1, -0.05) is 72.9 Å². The number of rotatable bonds is 9. The van der Waals surface area contributed by atoms with Crippen LogP contribution in [-0.2, 0) is 25.5 Å². The summed E-state index contributed by atoms with van der Waals surface area (Å²) < 4.78 is 20.3. The van der Waals surface area contributed by atoms with Crippen molar-refractivity contribution in [3.05, 3.63) is 105 Å². The van der Waals surface area contributed by atoms with Gasteiger partial charge in [0.1, 0.15) is 30.1 Å². The number of morpholine rings is 1. The van der Waals surface area contributed by atoms with Crippen LogP contribution < -0.4 is 0 Å². The number of amides is 2. The molecule has 1 N–H and O–H groups in total. The van der Waals surface area contributed by atoms with E-state index in [0.717, 1.165) is 5.56 Å². The molecular formula is C33H33Cl2FN2O5. The fourth-order valence-corrected chi connectivity index (χ4v) is 6.37. The van der Waals surface area contributed by atoms with Gasteiger partial charge in [-0.3, -0.25) is 9.59 Å². The third kappa shape index (κ3) is 6.71. The highest BCUT2D eigenvalue weighted by molar-refractivity contribution is 6.30. The van der Waals surface area contributed by atoms with Crippen molar-refractivity contribution in [3.8, 4) is 0 Å². The summed E-state index contributed by atoms with van der Waals surface area (Å²) in [4.78, 5) is 43.8. The van der Waals surface area contributed by atoms with Gasteiger partial charge >= 0.3 is 5.97 Å². The summed E-state index contributed by atoms with van der Waals surface area (Å²) in [6, 6.07) is 17.5. The number of carboxylic acid groups (broad SMARTS) is 1. The first-order chi connectivity index (χ1) is 20.7. The number of carbonyl (C=O) groups excluding carboxylic acids is 2. The van der Waals surface area contributed by atoms with Crippen LogP contribution in [0.25, 0.3) is 0 Å². The lowest BCUT2D eigenvalue weighted by Crippen LogP contribution is -2.60. The molecule has 0 unspecified atom stereocenters. The molecule has 0 aliphatic carbocycles. The number of halogens is 3. The summed E-state index contributed by atoms with van der Waals surface area (Å²) in [5, 5.41) is 10.9. The van der Waals surface area contributed by atoms with Crippen molar-refractivity contribution in [3.63, 3.8) is 0 Å². The summed E-state index contributed by atoms with van der Waals surface area (Å²) in [5.41, 5.74) is 2.16. The standard InChI is InChI=1S/C33H33Cl2FN2O5/c1-2-4-26(31(39)37-18-3-5-27(37)33(41)42)38-29(21-8-12-23(34)13-9-21)30(22-10-14-24(35)15-11-22)43-28(32(38)40)19-20-6-16-25(36)17-7-20/h6-17,26-30H,2-5,18-19H2,1H3,(H,41,42)/t26-,27+,28+,29-,30+/m0/s1. The van der Waals surface area contributed by atoms with Gasteiger partial charge in [-0.2, -0.15) is 0 Å². The molecule has 2 fully saturated rings. The van der Waals surface area contributed by atoms with Crippen LogP contribution >= 0.6 is 23.2 Å². The quantitative estimate of drug-likeness (QED) is 0.288. The van der Waals surface area contributed by atoms with Gasteiger partial charge in [-0.05, 0) is 72.4 Å². The Kier molecular flexibility index (Phi) is 9.69. The van der Waals surface area contributed by atoms with Gasteiger partial charge in [0.05, 0.1) is 6.04 Å². The molecule has 2 heterocycles. The number of hydrogen-bond donors (Lipinski definition) is 1. The summed E-state index contributed by atoms with van der Waals surface area (Å²) in [6.45, 7) is 2.23. The van der Waals surface area contributed by atoms with Gasteiger partial charge in [0.25, 0.3) is 5.91 Å². The first-order valence-electron chi connectivity index (χ1n) is 14.4. The van der Waals surface area contributed by atoms with Crippen molar-refractivity contribution in [1.82, 2.24) is 9.80 Å². The number of hydrogen-bond acceptors (Lipinski definition) is 4. The minimum atomic E-state index is -1.06. The van der Waals surface area contributed by atoms with E-state index in [-0.39, 0.29) is 6.42 Å². The zero-order valence-corrected chi connectivity index (χ0v) is 25.2. The number of likely N-dealkylation sites (tertiary alicyclic amines) is 1. The summed E-state index contributed by atoms with van der Waals surface area (Å²) >= 11 is 12.5. The average molecular weight is 628 g/mol. The van der Waals surface area contributed by atoms with Crippen LogP contribution in [0.2, 0.25) is 10.0 Å². The molecule has 0 radical (unpaired) electrons. The van der Waals surface area contributed by atoms with Crippen LogP contribution in [-0.4, -0.2) is 57.4 Å². The van der Waals surface area contributed by atoms with Crippen molar-refractivity contribution in [2.24, 2.45) is 0 Å². The van der Waals surface area contributed by atoms with Gasteiger partial charge in [0.15, 0.2) is 0 Å². The highest BCUT2D eigenvalue weighted by Gasteiger charge is 2.50. The normalized spacial score (nSPS) is 22.9. The second-order valence-corrected chi connectivity index (χ2v) is 11.9. The maximum atomic E-state index is 14.5. The van der Waals surface area contributed by atoms with Crippen molar-refractivity contribution in [2.75, 3.05) is 6.54 Å². The Hall–Kier alpha value is -3.46. The Bertz CT molecular complexity index is 1450. The van der Waals surface area contributed by atoms with Crippen LogP contribution in [0.5, 0.6) is 0 Å². The maximum Gasteiger partial charge on any atom is 0.326 e. The first-order valence-corrected chi connectivity index (χ1v) is 15.2. The van der Waals surface area contributed by atoms with E-state index in [0.29, 0.717) is 53.4 Å². The van der Waals surface area contributed by atoms with Crippen molar-refractivity contribution in [2.45, 2.75) is 69.4 Å². The fourth-order valence-electron chi connectivity index (χ4n) is 6.12. The van der Waals surface area contributed by atoms with Crippen LogP contribution in [0.1, 0.15) is 61.4 Å². The van der Waals surface area contributed by atoms with Crippen LogP contribution in [0.3, 0.4) is 0 Å². The largest absolute Gasteiger partial charge is 0.480 e. The van der Waals surface area contributed by atoms with Crippen LogP contribution in [0, 0.1) is 5.82 Å². The Labute approximate surface area is 260 Å². The number of carbonyl (C=O) groups is 3. The molecule has 2 aliphatic heterocycles. The SMILES string of the molecule is CCC[C@@H](C(=O)N1CCC[C@@H]1C(=O)O)N1C(=O)[C@@H](Cc2ccc(F)cc2)O[C@H](c2ccc(Cl)cc2)[C@@H]1c1ccc(Cl)cc1. The zero-order chi connectivity index (χ0) is 30.7. The van der Waals surface area contributed by atoms with Gasteiger partial charge in [-0.25, -0.2) is 9.18 Å². The lowest BCUT2D eigenvalue weighted by atomic mass is 9.88. The van der Waals surface area contributed by atoms with Gasteiger partial charge in [-0.15, -0.1) is 0 Å². The van der Waals surface area contributed by atoms with Crippen LogP contribution in [0.4, 0.5) is 4.39 Å². The van der Waals surface area contributed by atoms with E-state index < -0.39 is 53.9 Å². The molecule has 7 nitrogen and oxygen atoms in total. The minimum Gasteiger partial charge on any atom is -0.480 e. The second-order valence-electron chi connectivity index (χ2n) is 11.0. The Morgan fingerprint density at radius 1 is 0.977 bits per heavy atom. The molecule has 5 rings (SSSR count). The smallest absolute Gasteiger partial charge is 0.326 e. The molecular weight excluding hydrogens is 594 g/mol. The van der Waals surface area contributed by atoms with E-state index in [4.69, 9.17) is 27.9 Å². The summed E-state index contributed by atoms with van der Waals surface area (Å²) in [7, 11) is 0. The molecule has 3 aromatic carbocycles. The van der Waals surface area contributed by atoms with E-state index in [1.54, 1.807) is 41.3 Å². The number of aliphatic carboxylic acids is 1. The predicted molar refractivity (Wildman–Crippen MR) is 161 cm³/mol. The van der Waals surface area contributed by atoms with E-state index in [9.17, 15) is 23.9 Å². The van der Waals surface area contributed by atoms with Gasteiger partial charge in [0.2, 0.25) is 5.91 Å². The molecule has 0 aromatic heterocycles. The monoisotopic (exact) mass is 626 g/mol. The molecule has 0 spiro atoms. The Morgan fingerprint density at radius 3 is 2.16 bits per heavy atom. The van der Waals surface area contributed by atoms with Crippen molar-refractivity contribution < 1.29 is 28.6 Å². The van der Waals surface area contributed by atoms with Crippen molar-refractivity contribution in [1.29, 1.82) is 0 Å². The number of carboxylic acids is 1. The molecule has 2 saturated heterocycles. The molecule has 0 bridgehead atoms. The zero-order valence-electron chi connectivity index (χ0n) is 23.7. The highest BCUT2D eigenvalue weighted by Crippen LogP contribution is 2.45. The second kappa shape index (κ2) is 13.5. The maximum absolute atomic E-state index is 14.5. The fraction of sp³-hybridized carbons (Fsp3) is 0.364. The third-order valence-corrected chi connectivity index (χ3v) is 8.68. The molecule has 0 saturated carbocycles. The molecule has 43 heavy (non-hydrogen) atoms. The number of benzene rings is 3. The van der Waals surface area contributed by atoms with E-state index in [1.165, 1.54) is 17.0 Å². The van der Waals surface area contributed by atoms with E-state index >= 15 is 0 Å². The molecule has 5 atom stereocenters. The minimum absolute atomic E-state index is 0.154. The Morgan fingerprint density at radius 2 is 1.58 bits per heavy atom. The summed E-state index contributed by atoms with van der Waals surface area (Å²) in [5.74, 6) is -2.24. The molecule has 226 valence electrons. The lowest BCUT2D eigenvalue weighted by Gasteiger charge is -2.48. The number of ether oxygens (including phenoxy) is 1. The van der Waals surface area contributed by atoms with Crippen LogP contribution in [0.15, 0.2) is 72.8 Å². The van der Waals surface area contributed by atoms with Gasteiger partial charge in [0, 0.05) is 23.0 Å². The first kappa shape index (κ1) is 31.0. The molecule has 3 aromatic rings. The molecule has 2 aliphatic rings. The summed E-state index contributed by atoms with van der Waals surface area (Å²) in [6.07, 6.45) is 0.292.